The van der Waals surface area contributed by atoms with Crippen molar-refractivity contribution in [3.05, 3.63) is 35.4 Å². The van der Waals surface area contributed by atoms with E-state index in [1.807, 2.05) is 0 Å². The second-order valence-corrected chi connectivity index (χ2v) is 7.38. The van der Waals surface area contributed by atoms with Crippen LogP contribution in [0.15, 0.2) is 18.2 Å². The van der Waals surface area contributed by atoms with Crippen LogP contribution in [0.3, 0.4) is 0 Å². The Morgan fingerprint density at radius 2 is 1.50 bits per heavy atom. The Hall–Kier alpha value is -0.960. The van der Waals surface area contributed by atoms with Gasteiger partial charge in [0.15, 0.2) is 0 Å². The molecule has 0 spiro atoms. The fraction of sp³-hybridized carbons (Fsp3) is 0.714. The minimum atomic E-state index is -0.497. The molecule has 1 unspecified atom stereocenters. The van der Waals surface area contributed by atoms with Gasteiger partial charge in [0.1, 0.15) is 11.6 Å². The van der Waals surface area contributed by atoms with Crippen molar-refractivity contribution < 1.29 is 13.5 Å². The Bertz CT molecular complexity index is 451. The molecule has 0 aromatic heterocycles. The van der Waals surface area contributed by atoms with Crippen molar-refractivity contribution in [3.63, 3.8) is 0 Å². The smallest absolute Gasteiger partial charge is 0.126 e. The highest BCUT2D eigenvalue weighted by Gasteiger charge is 2.28. The van der Waals surface area contributed by atoms with Gasteiger partial charge < -0.3 is 4.74 Å². The van der Waals surface area contributed by atoms with Crippen molar-refractivity contribution in [2.75, 3.05) is 7.11 Å². The summed E-state index contributed by atoms with van der Waals surface area (Å²) in [6.07, 6.45) is 10.3. The molecule has 0 aliphatic carbocycles. The SMILES string of the molecule is CCCCCCCCC(CCc1cc(F)cc(F)c1)C(C)(C)OC. The highest BCUT2D eigenvalue weighted by molar-refractivity contribution is 5.18. The van der Waals surface area contributed by atoms with E-state index in [9.17, 15) is 8.78 Å². The summed E-state index contributed by atoms with van der Waals surface area (Å²) in [6, 6.07) is 3.80. The number of hydrogen-bond acceptors (Lipinski definition) is 1. The zero-order valence-corrected chi connectivity index (χ0v) is 15.8. The van der Waals surface area contributed by atoms with Gasteiger partial charge in [-0.25, -0.2) is 8.78 Å². The summed E-state index contributed by atoms with van der Waals surface area (Å²) in [6.45, 7) is 6.45. The molecular formula is C21H34F2O. The molecular weight excluding hydrogens is 306 g/mol. The van der Waals surface area contributed by atoms with Gasteiger partial charge >= 0.3 is 0 Å². The first-order valence-corrected chi connectivity index (χ1v) is 9.39. The molecule has 0 aliphatic heterocycles. The van der Waals surface area contributed by atoms with E-state index in [4.69, 9.17) is 4.74 Å². The topological polar surface area (TPSA) is 9.23 Å². The van der Waals surface area contributed by atoms with Gasteiger partial charge in [0, 0.05) is 13.2 Å². The van der Waals surface area contributed by atoms with Gasteiger partial charge in [0.05, 0.1) is 5.60 Å². The molecule has 0 saturated heterocycles. The molecule has 0 saturated carbocycles. The zero-order valence-electron chi connectivity index (χ0n) is 15.8. The third kappa shape index (κ3) is 7.74. The third-order valence-electron chi connectivity index (χ3n) is 5.12. The molecule has 1 aromatic rings. The molecule has 1 aromatic carbocycles. The lowest BCUT2D eigenvalue weighted by Gasteiger charge is -2.33. The van der Waals surface area contributed by atoms with Crippen molar-refractivity contribution in [2.24, 2.45) is 5.92 Å². The Morgan fingerprint density at radius 1 is 0.917 bits per heavy atom. The standard InChI is InChI=1S/C21H34F2O/c1-5-6-7-8-9-10-11-18(21(2,3)24-4)13-12-17-14-19(22)16-20(23)15-17/h14-16,18H,5-13H2,1-4H3. The maximum Gasteiger partial charge on any atom is 0.126 e. The number of benzene rings is 1. The van der Waals surface area contributed by atoms with Crippen LogP contribution in [0, 0.1) is 17.6 Å². The Labute approximate surface area is 146 Å². The van der Waals surface area contributed by atoms with Gasteiger partial charge in [-0.3, -0.25) is 0 Å². The number of rotatable bonds is 12. The Balaban J connectivity index is 2.53. The van der Waals surface area contributed by atoms with Gasteiger partial charge in [-0.2, -0.15) is 0 Å². The lowest BCUT2D eigenvalue weighted by molar-refractivity contribution is -0.0343. The fourth-order valence-corrected chi connectivity index (χ4v) is 3.27. The van der Waals surface area contributed by atoms with E-state index in [2.05, 4.69) is 20.8 Å². The largest absolute Gasteiger partial charge is 0.379 e. The maximum atomic E-state index is 13.3. The van der Waals surface area contributed by atoms with Crippen LogP contribution >= 0.6 is 0 Å². The normalized spacial score (nSPS) is 13.2. The molecule has 0 heterocycles. The first kappa shape index (κ1) is 21.1. The second-order valence-electron chi connectivity index (χ2n) is 7.38. The molecule has 138 valence electrons. The van der Waals surface area contributed by atoms with E-state index >= 15 is 0 Å². The Morgan fingerprint density at radius 3 is 2.08 bits per heavy atom. The molecule has 0 N–H and O–H groups in total. The highest BCUT2D eigenvalue weighted by Crippen LogP contribution is 2.30. The molecule has 0 fully saturated rings. The molecule has 1 atom stereocenters. The van der Waals surface area contributed by atoms with Crippen molar-refractivity contribution in [1.29, 1.82) is 0 Å². The highest BCUT2D eigenvalue weighted by atomic mass is 19.1. The summed E-state index contributed by atoms with van der Waals surface area (Å²) < 4.78 is 32.4. The lowest BCUT2D eigenvalue weighted by atomic mass is 9.82. The maximum absolute atomic E-state index is 13.3. The van der Waals surface area contributed by atoms with E-state index in [0.29, 0.717) is 12.3 Å². The van der Waals surface area contributed by atoms with Crippen molar-refractivity contribution in [1.82, 2.24) is 0 Å². The summed E-state index contributed by atoms with van der Waals surface area (Å²) in [5.41, 5.74) is 0.516. The van der Waals surface area contributed by atoms with Gasteiger partial charge in [0.2, 0.25) is 0 Å². The van der Waals surface area contributed by atoms with Crippen LogP contribution in [0.1, 0.15) is 77.7 Å². The Kier molecular flexibility index (Phi) is 9.50. The van der Waals surface area contributed by atoms with Gasteiger partial charge in [-0.15, -0.1) is 0 Å². The predicted molar refractivity (Wildman–Crippen MR) is 97.3 cm³/mol. The number of halogens is 2. The quantitative estimate of drug-likeness (QED) is 0.385. The summed E-state index contributed by atoms with van der Waals surface area (Å²) in [4.78, 5) is 0. The van der Waals surface area contributed by atoms with Gasteiger partial charge in [-0.1, -0.05) is 45.4 Å². The number of unbranched alkanes of at least 4 members (excludes halogenated alkanes) is 5. The van der Waals surface area contributed by atoms with E-state index < -0.39 is 11.6 Å². The second kappa shape index (κ2) is 10.8. The van der Waals surface area contributed by atoms with Crippen molar-refractivity contribution in [3.8, 4) is 0 Å². The van der Waals surface area contributed by atoms with Crippen molar-refractivity contribution >= 4 is 0 Å². The first-order valence-electron chi connectivity index (χ1n) is 9.39. The van der Waals surface area contributed by atoms with Crippen LogP contribution in [0.25, 0.3) is 0 Å². The molecule has 0 bridgehead atoms. The van der Waals surface area contributed by atoms with Crippen LogP contribution < -0.4 is 0 Å². The molecule has 1 rings (SSSR count). The van der Waals surface area contributed by atoms with Crippen LogP contribution in [0.2, 0.25) is 0 Å². The van der Waals surface area contributed by atoms with Crippen molar-refractivity contribution in [2.45, 2.75) is 84.2 Å². The third-order valence-corrected chi connectivity index (χ3v) is 5.12. The average Bonchev–Trinajstić information content (AvgIpc) is 2.52. The molecule has 1 nitrogen and oxygen atoms in total. The summed E-state index contributed by atoms with van der Waals surface area (Å²) in [7, 11) is 1.75. The average molecular weight is 340 g/mol. The minimum absolute atomic E-state index is 0.213. The number of hydrogen-bond donors (Lipinski definition) is 0. The minimum Gasteiger partial charge on any atom is -0.379 e. The van der Waals surface area contributed by atoms with E-state index in [1.165, 1.54) is 50.7 Å². The monoisotopic (exact) mass is 340 g/mol. The number of aryl methyl sites for hydroxylation is 1. The summed E-state index contributed by atoms with van der Waals surface area (Å²) in [5.74, 6) is -0.605. The van der Waals surface area contributed by atoms with Crippen LogP contribution in [0.5, 0.6) is 0 Å². The van der Waals surface area contributed by atoms with Gasteiger partial charge in [-0.05, 0) is 56.7 Å². The fourth-order valence-electron chi connectivity index (χ4n) is 3.27. The first-order chi connectivity index (χ1) is 11.4. The molecule has 0 radical (unpaired) electrons. The van der Waals surface area contributed by atoms with Gasteiger partial charge in [0.25, 0.3) is 0 Å². The van der Waals surface area contributed by atoms with Crippen LogP contribution in [-0.4, -0.2) is 12.7 Å². The lowest BCUT2D eigenvalue weighted by Crippen LogP contribution is -2.33. The van der Waals surface area contributed by atoms with Crippen LogP contribution in [-0.2, 0) is 11.2 Å². The molecule has 0 amide bonds. The number of ether oxygens (including phenoxy) is 1. The van der Waals surface area contributed by atoms with Crippen LogP contribution in [0.4, 0.5) is 8.78 Å². The molecule has 3 heteroatoms. The summed E-state index contributed by atoms with van der Waals surface area (Å²) in [5, 5.41) is 0. The van der Waals surface area contributed by atoms with E-state index in [0.717, 1.165) is 24.5 Å². The molecule has 0 aliphatic rings. The predicted octanol–water partition coefficient (Wildman–Crippen LogP) is 6.69. The van der Waals surface area contributed by atoms with E-state index in [1.54, 1.807) is 7.11 Å². The summed E-state index contributed by atoms with van der Waals surface area (Å²) >= 11 is 0. The number of methoxy groups -OCH3 is 1. The zero-order chi connectivity index (χ0) is 18.0. The van der Waals surface area contributed by atoms with E-state index in [-0.39, 0.29) is 5.60 Å². The molecule has 24 heavy (non-hydrogen) atoms.